The fourth-order valence-electron chi connectivity index (χ4n) is 3.11. The van der Waals surface area contributed by atoms with Crippen molar-refractivity contribution in [3.8, 4) is 22.6 Å². The molecule has 0 atom stereocenters. The van der Waals surface area contributed by atoms with Crippen LogP contribution in [0.25, 0.3) is 32.7 Å². The summed E-state index contributed by atoms with van der Waals surface area (Å²) in [5, 5.41) is 22.8. The van der Waals surface area contributed by atoms with Crippen LogP contribution in [0, 0.1) is 11.6 Å². The van der Waals surface area contributed by atoms with Crippen molar-refractivity contribution < 1.29 is 19.0 Å². The first kappa shape index (κ1) is 14.5. The van der Waals surface area contributed by atoms with E-state index >= 15 is 0 Å². The molecule has 0 fully saturated rings. The van der Waals surface area contributed by atoms with Gasteiger partial charge in [0, 0.05) is 11.1 Å². The molecule has 0 bridgehead atoms. The number of aromatic hydroxyl groups is 2. The van der Waals surface area contributed by atoms with Crippen LogP contribution in [0.15, 0.2) is 60.7 Å². The summed E-state index contributed by atoms with van der Waals surface area (Å²) in [5.74, 6) is -2.87. The Morgan fingerprint density at radius 1 is 0.583 bits per heavy atom. The van der Waals surface area contributed by atoms with Crippen molar-refractivity contribution in [3.63, 3.8) is 0 Å². The molecule has 0 spiro atoms. The van der Waals surface area contributed by atoms with Crippen LogP contribution in [0.2, 0.25) is 0 Å². The fraction of sp³-hybridized carbons (Fsp3) is 0. The largest absolute Gasteiger partial charge is 0.504 e. The van der Waals surface area contributed by atoms with Crippen LogP contribution in [0.3, 0.4) is 0 Å². The predicted octanol–water partition coefficient (Wildman–Crippen LogP) is 5.35. The standard InChI is InChI=1S/C20H12F2O2/c21-15-9-11-5-1-3-7-13(11)17(19(15)23)18-14-8-4-2-6-12(14)10-16(22)20(18)24/h1-10,23-24H. The van der Waals surface area contributed by atoms with Gasteiger partial charge in [0.25, 0.3) is 0 Å². The molecular weight excluding hydrogens is 310 g/mol. The zero-order valence-electron chi connectivity index (χ0n) is 12.4. The SMILES string of the molecule is Oc1c(F)cc2ccccc2c1-c1c(O)c(F)cc2ccccc12. The average molecular weight is 322 g/mol. The molecule has 24 heavy (non-hydrogen) atoms. The smallest absolute Gasteiger partial charge is 0.166 e. The Kier molecular flexibility index (Phi) is 3.13. The van der Waals surface area contributed by atoms with Crippen molar-refractivity contribution in [3.05, 3.63) is 72.3 Å². The summed E-state index contributed by atoms with van der Waals surface area (Å²) in [6.45, 7) is 0. The summed E-state index contributed by atoms with van der Waals surface area (Å²) in [7, 11) is 0. The Balaban J connectivity index is 2.26. The quantitative estimate of drug-likeness (QED) is 0.496. The molecular formula is C20H12F2O2. The highest BCUT2D eigenvalue weighted by Gasteiger charge is 2.21. The molecule has 0 saturated heterocycles. The third kappa shape index (κ3) is 2.00. The zero-order chi connectivity index (χ0) is 16.8. The maximum Gasteiger partial charge on any atom is 0.166 e. The molecule has 118 valence electrons. The highest BCUT2D eigenvalue weighted by molar-refractivity contribution is 6.09. The number of phenolic OH excluding ortho intramolecular Hbond substituents is 2. The van der Waals surface area contributed by atoms with Gasteiger partial charge in [-0.05, 0) is 33.7 Å². The van der Waals surface area contributed by atoms with Crippen molar-refractivity contribution in [2.45, 2.75) is 0 Å². The maximum absolute atomic E-state index is 14.2. The van der Waals surface area contributed by atoms with Gasteiger partial charge in [0.15, 0.2) is 23.1 Å². The normalized spacial score (nSPS) is 11.2. The van der Waals surface area contributed by atoms with Crippen LogP contribution < -0.4 is 0 Å². The second kappa shape index (κ2) is 5.20. The first-order valence-corrected chi connectivity index (χ1v) is 7.38. The number of benzene rings is 4. The van der Waals surface area contributed by atoms with E-state index < -0.39 is 23.1 Å². The summed E-state index contributed by atoms with van der Waals surface area (Å²) in [4.78, 5) is 0. The van der Waals surface area contributed by atoms with Gasteiger partial charge in [-0.15, -0.1) is 0 Å². The van der Waals surface area contributed by atoms with E-state index in [2.05, 4.69) is 0 Å². The van der Waals surface area contributed by atoms with Crippen LogP contribution in [-0.4, -0.2) is 10.2 Å². The summed E-state index contributed by atoms with van der Waals surface area (Å²) in [5.41, 5.74) is 0.164. The lowest BCUT2D eigenvalue weighted by molar-refractivity contribution is 0.428. The second-order valence-corrected chi connectivity index (χ2v) is 5.61. The summed E-state index contributed by atoms with van der Waals surface area (Å²) >= 11 is 0. The first-order chi connectivity index (χ1) is 11.6. The molecule has 0 aliphatic rings. The zero-order valence-corrected chi connectivity index (χ0v) is 12.4. The van der Waals surface area contributed by atoms with E-state index in [4.69, 9.17) is 0 Å². The molecule has 4 rings (SSSR count). The van der Waals surface area contributed by atoms with Crippen molar-refractivity contribution in [1.29, 1.82) is 0 Å². The molecule has 0 aliphatic heterocycles. The lowest BCUT2D eigenvalue weighted by atomic mass is 9.92. The van der Waals surface area contributed by atoms with Gasteiger partial charge in [0.2, 0.25) is 0 Å². The number of fused-ring (bicyclic) bond motifs is 2. The molecule has 4 aromatic rings. The summed E-state index contributed by atoms with van der Waals surface area (Å²) < 4.78 is 28.4. The Labute approximate surface area is 136 Å². The lowest BCUT2D eigenvalue weighted by Crippen LogP contribution is -1.91. The lowest BCUT2D eigenvalue weighted by Gasteiger charge is -2.15. The van der Waals surface area contributed by atoms with E-state index in [-0.39, 0.29) is 11.1 Å². The number of hydrogen-bond donors (Lipinski definition) is 2. The predicted molar refractivity (Wildman–Crippen MR) is 90.1 cm³/mol. The second-order valence-electron chi connectivity index (χ2n) is 5.61. The Morgan fingerprint density at radius 3 is 1.38 bits per heavy atom. The molecule has 0 heterocycles. The number of rotatable bonds is 1. The molecule has 0 amide bonds. The maximum atomic E-state index is 14.2. The summed E-state index contributed by atoms with van der Waals surface area (Å²) in [6, 6.07) is 16.2. The Bertz CT molecular complexity index is 1010. The Hall–Kier alpha value is -3.14. The van der Waals surface area contributed by atoms with E-state index in [0.717, 1.165) is 0 Å². The minimum absolute atomic E-state index is 0.0822. The van der Waals surface area contributed by atoms with Gasteiger partial charge in [-0.3, -0.25) is 0 Å². The number of halogens is 2. The van der Waals surface area contributed by atoms with E-state index in [1.165, 1.54) is 12.1 Å². The van der Waals surface area contributed by atoms with Crippen LogP contribution in [-0.2, 0) is 0 Å². The van der Waals surface area contributed by atoms with Crippen LogP contribution in [0.1, 0.15) is 0 Å². The van der Waals surface area contributed by atoms with E-state index in [1.54, 1.807) is 48.5 Å². The molecule has 0 unspecified atom stereocenters. The van der Waals surface area contributed by atoms with Gasteiger partial charge < -0.3 is 10.2 Å². The van der Waals surface area contributed by atoms with Gasteiger partial charge >= 0.3 is 0 Å². The molecule has 0 saturated carbocycles. The van der Waals surface area contributed by atoms with E-state index in [9.17, 15) is 19.0 Å². The van der Waals surface area contributed by atoms with Crippen LogP contribution in [0.4, 0.5) is 8.78 Å². The molecule has 2 N–H and O–H groups in total. The molecule has 4 aromatic carbocycles. The van der Waals surface area contributed by atoms with Crippen molar-refractivity contribution >= 4 is 21.5 Å². The van der Waals surface area contributed by atoms with Crippen LogP contribution in [0.5, 0.6) is 11.5 Å². The van der Waals surface area contributed by atoms with Crippen LogP contribution >= 0.6 is 0 Å². The third-order valence-electron chi connectivity index (χ3n) is 4.20. The fourth-order valence-corrected chi connectivity index (χ4v) is 3.11. The van der Waals surface area contributed by atoms with Crippen molar-refractivity contribution in [2.24, 2.45) is 0 Å². The minimum atomic E-state index is -0.823. The number of phenols is 2. The van der Waals surface area contributed by atoms with Gasteiger partial charge in [-0.25, -0.2) is 8.78 Å². The summed E-state index contributed by atoms with van der Waals surface area (Å²) in [6.07, 6.45) is 0. The van der Waals surface area contributed by atoms with Crippen molar-refractivity contribution in [1.82, 2.24) is 0 Å². The first-order valence-electron chi connectivity index (χ1n) is 7.38. The van der Waals surface area contributed by atoms with Crippen molar-refractivity contribution in [2.75, 3.05) is 0 Å². The highest BCUT2D eigenvalue weighted by Crippen LogP contribution is 2.46. The van der Waals surface area contributed by atoms with Gasteiger partial charge in [0.1, 0.15) is 0 Å². The van der Waals surface area contributed by atoms with E-state index in [1.807, 2.05) is 0 Å². The van der Waals surface area contributed by atoms with Gasteiger partial charge in [0.05, 0.1) is 0 Å². The minimum Gasteiger partial charge on any atom is -0.504 e. The van der Waals surface area contributed by atoms with E-state index in [0.29, 0.717) is 21.5 Å². The monoisotopic (exact) mass is 322 g/mol. The topological polar surface area (TPSA) is 40.5 Å². The molecule has 2 nitrogen and oxygen atoms in total. The molecule has 4 heteroatoms. The third-order valence-corrected chi connectivity index (χ3v) is 4.20. The average Bonchev–Trinajstić information content (AvgIpc) is 2.58. The molecule has 0 aromatic heterocycles. The molecule has 0 radical (unpaired) electrons. The van der Waals surface area contributed by atoms with Gasteiger partial charge in [-0.2, -0.15) is 0 Å². The Morgan fingerprint density at radius 2 is 0.958 bits per heavy atom. The number of hydrogen-bond acceptors (Lipinski definition) is 2. The molecule has 0 aliphatic carbocycles. The highest BCUT2D eigenvalue weighted by atomic mass is 19.1. The van der Waals surface area contributed by atoms with Gasteiger partial charge in [-0.1, -0.05) is 48.5 Å².